The van der Waals surface area contributed by atoms with E-state index in [2.05, 4.69) is 25.3 Å². The van der Waals surface area contributed by atoms with E-state index >= 15 is 0 Å². The Kier molecular flexibility index (Phi) is 5.77. The first-order valence-corrected chi connectivity index (χ1v) is 10.1. The molecule has 1 amide bonds. The Morgan fingerprint density at radius 2 is 1.94 bits per heavy atom. The Labute approximate surface area is 184 Å². The molecule has 3 aromatic heterocycles. The molecule has 31 heavy (non-hydrogen) atoms. The second kappa shape index (κ2) is 8.65. The number of anilines is 1. The van der Waals surface area contributed by atoms with Crippen molar-refractivity contribution in [1.82, 2.24) is 25.3 Å². The van der Waals surface area contributed by atoms with Crippen molar-refractivity contribution >= 4 is 34.2 Å². The third-order valence-corrected chi connectivity index (χ3v) is 5.24. The molecular weight excluding hydrogens is 412 g/mol. The van der Waals surface area contributed by atoms with Gasteiger partial charge < -0.3 is 11.1 Å². The number of aryl methyl sites for hydroxylation is 2. The molecule has 0 aliphatic carbocycles. The second-order valence-electron chi connectivity index (χ2n) is 7.36. The Balaban J connectivity index is 1.48. The van der Waals surface area contributed by atoms with E-state index in [1.54, 1.807) is 18.5 Å². The number of carbonyl (C=O) groups is 1. The van der Waals surface area contributed by atoms with Gasteiger partial charge in [0.15, 0.2) is 0 Å². The van der Waals surface area contributed by atoms with Crippen molar-refractivity contribution in [2.75, 3.05) is 5.73 Å². The van der Waals surface area contributed by atoms with Crippen molar-refractivity contribution in [3.63, 3.8) is 0 Å². The minimum atomic E-state index is -0.298. The van der Waals surface area contributed by atoms with Crippen LogP contribution in [0.2, 0.25) is 5.02 Å². The molecule has 0 saturated heterocycles. The van der Waals surface area contributed by atoms with E-state index in [-0.39, 0.29) is 11.6 Å². The number of pyridine rings is 2. The van der Waals surface area contributed by atoms with Gasteiger partial charge in [0, 0.05) is 41.5 Å². The lowest BCUT2D eigenvalue weighted by Crippen LogP contribution is -2.25. The minimum Gasteiger partial charge on any atom is -0.384 e. The zero-order valence-corrected chi connectivity index (χ0v) is 17.9. The predicted molar refractivity (Wildman–Crippen MR) is 121 cm³/mol. The average Bonchev–Trinajstić information content (AvgIpc) is 2.72. The number of nitrogens with two attached hydrogens (primary N) is 1. The summed E-state index contributed by atoms with van der Waals surface area (Å²) in [4.78, 5) is 30.0. The fourth-order valence-corrected chi connectivity index (χ4v) is 3.65. The molecule has 0 saturated carbocycles. The van der Waals surface area contributed by atoms with Gasteiger partial charge in [-0.15, -0.1) is 0 Å². The Hall–Kier alpha value is -3.58. The predicted octanol–water partition coefficient (Wildman–Crippen LogP) is 3.79. The summed E-state index contributed by atoms with van der Waals surface area (Å²) in [6.45, 7) is 4.15. The van der Waals surface area contributed by atoms with Crippen LogP contribution in [0.5, 0.6) is 0 Å². The summed E-state index contributed by atoms with van der Waals surface area (Å²) in [5, 5.41) is 4.50. The number of benzene rings is 1. The summed E-state index contributed by atoms with van der Waals surface area (Å²) in [6, 6.07) is 9.38. The molecule has 7 nitrogen and oxygen atoms in total. The first-order valence-electron chi connectivity index (χ1n) is 9.75. The van der Waals surface area contributed by atoms with E-state index in [9.17, 15) is 4.79 Å². The fraction of sp³-hybridized carbons (Fsp3) is 0.174. The van der Waals surface area contributed by atoms with Gasteiger partial charge in [-0.1, -0.05) is 11.6 Å². The summed E-state index contributed by atoms with van der Waals surface area (Å²) >= 11 is 6.08. The maximum atomic E-state index is 12.6. The molecule has 0 aliphatic heterocycles. The summed E-state index contributed by atoms with van der Waals surface area (Å²) in [5.41, 5.74) is 11.2. The molecule has 156 valence electrons. The van der Waals surface area contributed by atoms with Gasteiger partial charge in [-0.3, -0.25) is 14.8 Å². The molecule has 0 atom stereocenters. The van der Waals surface area contributed by atoms with E-state index in [4.69, 9.17) is 17.3 Å². The number of halogens is 1. The molecule has 4 aromatic rings. The van der Waals surface area contributed by atoms with Crippen molar-refractivity contribution in [3.8, 4) is 0 Å². The van der Waals surface area contributed by atoms with Crippen LogP contribution in [0.15, 0.2) is 48.9 Å². The normalized spacial score (nSPS) is 10.9. The van der Waals surface area contributed by atoms with Crippen LogP contribution < -0.4 is 11.1 Å². The lowest BCUT2D eigenvalue weighted by atomic mass is 10.1. The largest absolute Gasteiger partial charge is 0.384 e. The highest BCUT2D eigenvalue weighted by molar-refractivity contribution is 6.31. The second-order valence-corrected chi connectivity index (χ2v) is 7.80. The molecule has 0 bridgehead atoms. The van der Waals surface area contributed by atoms with Crippen molar-refractivity contribution in [1.29, 1.82) is 0 Å². The average molecular weight is 433 g/mol. The highest BCUT2D eigenvalue weighted by Gasteiger charge is 2.12. The van der Waals surface area contributed by atoms with Gasteiger partial charge >= 0.3 is 0 Å². The smallest absolute Gasteiger partial charge is 0.271 e. The quantitative estimate of drug-likeness (QED) is 0.496. The zero-order chi connectivity index (χ0) is 22.0. The Morgan fingerprint density at radius 1 is 1.10 bits per heavy atom. The fourth-order valence-electron chi connectivity index (χ4n) is 3.47. The van der Waals surface area contributed by atoms with Gasteiger partial charge in [-0.25, -0.2) is 9.97 Å². The van der Waals surface area contributed by atoms with Crippen molar-refractivity contribution < 1.29 is 4.79 Å². The lowest BCUT2D eigenvalue weighted by molar-refractivity contribution is 0.0945. The lowest BCUT2D eigenvalue weighted by Gasteiger charge is -2.11. The van der Waals surface area contributed by atoms with E-state index in [0.29, 0.717) is 29.5 Å². The number of aromatic nitrogens is 4. The molecular formula is C23H21ClN6O. The highest BCUT2D eigenvalue weighted by Crippen LogP contribution is 2.20. The summed E-state index contributed by atoms with van der Waals surface area (Å²) < 4.78 is 0. The maximum Gasteiger partial charge on any atom is 0.271 e. The van der Waals surface area contributed by atoms with Crippen LogP contribution >= 0.6 is 11.6 Å². The Bertz CT molecular complexity index is 1270. The number of rotatable bonds is 5. The monoisotopic (exact) mass is 432 g/mol. The van der Waals surface area contributed by atoms with Crippen molar-refractivity contribution in [2.24, 2.45) is 0 Å². The van der Waals surface area contributed by atoms with E-state index in [1.807, 2.05) is 38.1 Å². The molecule has 3 N–H and O–H groups in total. The molecule has 8 heteroatoms. The number of carbonyl (C=O) groups excluding carboxylic acids is 1. The van der Waals surface area contributed by atoms with Crippen LogP contribution in [0.3, 0.4) is 0 Å². The third-order valence-electron chi connectivity index (χ3n) is 5.00. The number of amides is 1. The van der Waals surface area contributed by atoms with Crippen LogP contribution in [-0.4, -0.2) is 25.8 Å². The van der Waals surface area contributed by atoms with Gasteiger partial charge in [0.1, 0.15) is 11.5 Å². The van der Waals surface area contributed by atoms with Gasteiger partial charge in [0.05, 0.1) is 17.4 Å². The van der Waals surface area contributed by atoms with Crippen LogP contribution in [0.1, 0.15) is 38.6 Å². The summed E-state index contributed by atoms with van der Waals surface area (Å²) in [5.74, 6) is 0.169. The minimum absolute atomic E-state index is 0.257. The maximum absolute atomic E-state index is 12.6. The van der Waals surface area contributed by atoms with E-state index in [0.717, 1.165) is 33.3 Å². The number of nitrogens with one attached hydrogen (secondary N) is 1. The van der Waals surface area contributed by atoms with Crippen LogP contribution in [0.25, 0.3) is 10.9 Å². The molecule has 0 radical (unpaired) electrons. The van der Waals surface area contributed by atoms with Crippen LogP contribution in [-0.2, 0) is 13.0 Å². The van der Waals surface area contributed by atoms with Crippen LogP contribution in [0, 0.1) is 13.8 Å². The Morgan fingerprint density at radius 3 is 2.74 bits per heavy atom. The number of hydrogen-bond donors (Lipinski definition) is 2. The molecule has 0 spiro atoms. The van der Waals surface area contributed by atoms with Crippen molar-refractivity contribution in [3.05, 3.63) is 87.7 Å². The molecule has 0 fully saturated rings. The number of nitrogen functional groups attached to an aromatic ring is 1. The SMILES string of the molecule is Cc1cc(N)nc(C)c1CNC(=O)c1cncc(Cc2cnc3ccc(Cl)cc3c2)n1. The molecule has 1 aromatic carbocycles. The van der Waals surface area contributed by atoms with Gasteiger partial charge in [-0.2, -0.15) is 0 Å². The summed E-state index contributed by atoms with van der Waals surface area (Å²) in [7, 11) is 0. The standard InChI is InChI=1S/C23H21ClN6O/c1-13-5-22(25)29-14(2)19(13)11-28-23(31)21-12-26-10-18(30-21)7-15-6-16-8-17(24)3-4-20(16)27-9-15/h3-6,8-10,12H,7,11H2,1-2H3,(H2,25,29)(H,28,31). The zero-order valence-electron chi connectivity index (χ0n) is 17.2. The first kappa shape index (κ1) is 20.7. The van der Waals surface area contributed by atoms with Gasteiger partial charge in [0.2, 0.25) is 0 Å². The van der Waals surface area contributed by atoms with E-state index < -0.39 is 0 Å². The number of fused-ring (bicyclic) bond motifs is 1. The van der Waals surface area contributed by atoms with E-state index in [1.165, 1.54) is 6.20 Å². The number of hydrogen-bond acceptors (Lipinski definition) is 6. The molecule has 0 aliphatic rings. The number of nitrogens with zero attached hydrogens (tertiary/aromatic N) is 4. The first-order chi connectivity index (χ1) is 14.9. The summed E-state index contributed by atoms with van der Waals surface area (Å²) in [6.07, 6.45) is 5.41. The topological polar surface area (TPSA) is 107 Å². The van der Waals surface area contributed by atoms with Gasteiger partial charge in [-0.05, 0) is 60.9 Å². The third kappa shape index (κ3) is 4.78. The van der Waals surface area contributed by atoms with Crippen LogP contribution in [0.4, 0.5) is 5.82 Å². The highest BCUT2D eigenvalue weighted by atomic mass is 35.5. The molecule has 0 unspecified atom stereocenters. The van der Waals surface area contributed by atoms with Crippen molar-refractivity contribution in [2.45, 2.75) is 26.8 Å². The molecule has 3 heterocycles. The molecule has 4 rings (SSSR count). The van der Waals surface area contributed by atoms with Gasteiger partial charge in [0.25, 0.3) is 5.91 Å².